The largest absolute Gasteiger partial charge is 0.493 e. The van der Waals surface area contributed by atoms with Crippen molar-refractivity contribution in [3.63, 3.8) is 0 Å². The van der Waals surface area contributed by atoms with E-state index in [2.05, 4.69) is 27.6 Å². The van der Waals surface area contributed by atoms with Gasteiger partial charge in [-0.05, 0) is 38.5 Å². The van der Waals surface area contributed by atoms with E-state index in [9.17, 15) is 0 Å². The highest BCUT2D eigenvalue weighted by Gasteiger charge is 2.10. The van der Waals surface area contributed by atoms with Crippen LogP contribution < -0.4 is 20.1 Å². The molecule has 0 atom stereocenters. The lowest BCUT2D eigenvalue weighted by Crippen LogP contribution is -2.36. The lowest BCUT2D eigenvalue weighted by molar-refractivity contribution is 0.310. The third-order valence-electron chi connectivity index (χ3n) is 4.30. The fraction of sp³-hybridized carbons (Fsp3) is 0.474. The van der Waals surface area contributed by atoms with Gasteiger partial charge in [-0.1, -0.05) is 6.07 Å². The van der Waals surface area contributed by atoms with Gasteiger partial charge in [0.25, 0.3) is 0 Å². The minimum absolute atomic E-state index is 0. The first-order valence-electron chi connectivity index (χ1n) is 8.73. The maximum absolute atomic E-state index is 5.55. The van der Waals surface area contributed by atoms with Crippen molar-refractivity contribution in [3.05, 3.63) is 40.7 Å². The molecule has 2 rings (SSSR count). The molecule has 0 radical (unpaired) electrons. The van der Waals surface area contributed by atoms with Crippen LogP contribution in [0.1, 0.15) is 29.4 Å². The normalized spacial score (nSPS) is 11.0. The maximum Gasteiger partial charge on any atom is 0.191 e. The molecule has 7 nitrogen and oxygen atoms in total. The van der Waals surface area contributed by atoms with Crippen LogP contribution in [0.3, 0.4) is 0 Å². The molecular formula is C19H30IN5O2. The van der Waals surface area contributed by atoms with Crippen LogP contribution in [0.4, 0.5) is 0 Å². The SMILES string of the molecule is CCOc1ccc(CNC(=NC)NCc2c(C)nn(C)c2C)cc1OC.I. The molecule has 1 heterocycles. The molecule has 0 amide bonds. The van der Waals surface area contributed by atoms with Crippen molar-refractivity contribution >= 4 is 29.9 Å². The summed E-state index contributed by atoms with van der Waals surface area (Å²) in [5.74, 6) is 2.22. The zero-order valence-corrected chi connectivity index (χ0v) is 19.3. The molecule has 0 saturated heterocycles. The van der Waals surface area contributed by atoms with Crippen molar-refractivity contribution in [2.24, 2.45) is 12.0 Å². The maximum atomic E-state index is 5.55. The van der Waals surface area contributed by atoms with Gasteiger partial charge in [0, 0.05) is 38.4 Å². The Hall–Kier alpha value is -1.97. The summed E-state index contributed by atoms with van der Waals surface area (Å²) in [6.07, 6.45) is 0. The number of rotatable bonds is 7. The number of guanidine groups is 1. The van der Waals surface area contributed by atoms with Gasteiger partial charge < -0.3 is 20.1 Å². The molecule has 150 valence electrons. The average Bonchev–Trinajstić information content (AvgIpc) is 2.88. The van der Waals surface area contributed by atoms with Gasteiger partial charge >= 0.3 is 0 Å². The summed E-state index contributed by atoms with van der Waals surface area (Å²) in [4.78, 5) is 4.29. The molecule has 8 heteroatoms. The molecule has 0 aliphatic rings. The number of nitrogens with zero attached hydrogens (tertiary/aromatic N) is 3. The van der Waals surface area contributed by atoms with E-state index in [1.165, 1.54) is 5.56 Å². The molecule has 0 aliphatic heterocycles. The van der Waals surface area contributed by atoms with Crippen LogP contribution in [-0.2, 0) is 20.1 Å². The van der Waals surface area contributed by atoms with Crippen molar-refractivity contribution in [2.75, 3.05) is 20.8 Å². The number of methoxy groups -OCH3 is 1. The average molecular weight is 487 g/mol. The monoisotopic (exact) mass is 487 g/mol. The summed E-state index contributed by atoms with van der Waals surface area (Å²) >= 11 is 0. The smallest absolute Gasteiger partial charge is 0.191 e. The lowest BCUT2D eigenvalue weighted by Gasteiger charge is -2.14. The number of benzene rings is 1. The molecule has 0 bridgehead atoms. The third-order valence-corrected chi connectivity index (χ3v) is 4.30. The minimum atomic E-state index is 0. The van der Waals surface area contributed by atoms with E-state index >= 15 is 0 Å². The van der Waals surface area contributed by atoms with Crippen molar-refractivity contribution in [1.29, 1.82) is 0 Å². The minimum Gasteiger partial charge on any atom is -0.493 e. The van der Waals surface area contributed by atoms with Gasteiger partial charge in [0.2, 0.25) is 0 Å². The van der Waals surface area contributed by atoms with Crippen molar-refractivity contribution in [1.82, 2.24) is 20.4 Å². The van der Waals surface area contributed by atoms with Gasteiger partial charge in [0.05, 0.1) is 19.4 Å². The number of aliphatic imine (C=N–C) groups is 1. The van der Waals surface area contributed by atoms with Gasteiger partial charge in [0.15, 0.2) is 17.5 Å². The van der Waals surface area contributed by atoms with Gasteiger partial charge in [-0.25, -0.2) is 0 Å². The quantitative estimate of drug-likeness (QED) is 0.357. The fourth-order valence-corrected chi connectivity index (χ4v) is 2.75. The third kappa shape index (κ3) is 6.02. The topological polar surface area (TPSA) is 72.7 Å². The van der Waals surface area contributed by atoms with E-state index in [4.69, 9.17) is 9.47 Å². The second-order valence-corrected chi connectivity index (χ2v) is 5.97. The van der Waals surface area contributed by atoms with Gasteiger partial charge in [-0.3, -0.25) is 9.67 Å². The molecule has 0 aliphatic carbocycles. The van der Waals surface area contributed by atoms with Gasteiger partial charge in [-0.2, -0.15) is 5.10 Å². The highest BCUT2D eigenvalue weighted by atomic mass is 127. The van der Waals surface area contributed by atoms with E-state index in [1.807, 2.05) is 43.8 Å². The Balaban J connectivity index is 0.00000364. The summed E-state index contributed by atoms with van der Waals surface area (Å²) in [5, 5.41) is 11.1. The number of ether oxygens (including phenoxy) is 2. The Morgan fingerprint density at radius 2 is 1.89 bits per heavy atom. The molecule has 1 aromatic carbocycles. The van der Waals surface area contributed by atoms with Crippen LogP contribution >= 0.6 is 24.0 Å². The molecule has 1 aromatic heterocycles. The Morgan fingerprint density at radius 3 is 2.44 bits per heavy atom. The lowest BCUT2D eigenvalue weighted by atomic mass is 10.2. The van der Waals surface area contributed by atoms with Crippen LogP contribution in [0.25, 0.3) is 0 Å². The fourth-order valence-electron chi connectivity index (χ4n) is 2.75. The van der Waals surface area contributed by atoms with Gasteiger partial charge in [-0.15, -0.1) is 24.0 Å². The van der Waals surface area contributed by atoms with Crippen LogP contribution in [0.5, 0.6) is 11.5 Å². The predicted molar refractivity (Wildman–Crippen MR) is 119 cm³/mol. The summed E-state index contributed by atoms with van der Waals surface area (Å²) < 4.78 is 12.8. The zero-order chi connectivity index (χ0) is 19.1. The molecular weight excluding hydrogens is 457 g/mol. The standard InChI is InChI=1S/C19H29N5O2.HI/c1-7-26-17-9-8-15(10-18(17)25-6)11-21-19(20-4)22-12-16-13(2)23-24(5)14(16)3;/h8-10H,7,11-12H2,1-6H3,(H2,20,21,22);1H. The van der Waals surface area contributed by atoms with E-state index in [1.54, 1.807) is 14.2 Å². The molecule has 0 saturated carbocycles. The Kier molecular flexibility index (Phi) is 9.40. The first-order valence-corrected chi connectivity index (χ1v) is 8.73. The number of hydrogen-bond acceptors (Lipinski definition) is 4. The Bertz CT molecular complexity index is 774. The number of hydrogen-bond donors (Lipinski definition) is 2. The second-order valence-electron chi connectivity index (χ2n) is 5.97. The Morgan fingerprint density at radius 1 is 1.19 bits per heavy atom. The Labute approximate surface area is 178 Å². The molecule has 0 fully saturated rings. The van der Waals surface area contributed by atoms with Crippen LogP contribution in [-0.4, -0.2) is 36.5 Å². The molecule has 2 aromatic rings. The number of aryl methyl sites for hydroxylation is 2. The summed E-state index contributed by atoms with van der Waals surface area (Å²) in [5.41, 5.74) is 4.46. The van der Waals surface area contributed by atoms with Crippen molar-refractivity contribution < 1.29 is 9.47 Å². The van der Waals surface area contributed by atoms with E-state index < -0.39 is 0 Å². The summed E-state index contributed by atoms with van der Waals surface area (Å²) in [6.45, 7) is 7.96. The zero-order valence-electron chi connectivity index (χ0n) is 16.9. The number of nitrogens with one attached hydrogen (secondary N) is 2. The first kappa shape index (κ1) is 23.1. The van der Waals surface area contributed by atoms with Gasteiger partial charge in [0.1, 0.15) is 0 Å². The second kappa shape index (κ2) is 11.0. The van der Waals surface area contributed by atoms with Crippen molar-refractivity contribution in [3.8, 4) is 11.5 Å². The first-order chi connectivity index (χ1) is 12.5. The molecule has 0 spiro atoms. The molecule has 0 unspecified atom stereocenters. The molecule has 27 heavy (non-hydrogen) atoms. The van der Waals surface area contributed by atoms with E-state index in [-0.39, 0.29) is 24.0 Å². The highest BCUT2D eigenvalue weighted by Crippen LogP contribution is 2.27. The predicted octanol–water partition coefficient (Wildman–Crippen LogP) is 2.93. The van der Waals surface area contributed by atoms with E-state index in [0.717, 1.165) is 34.4 Å². The summed E-state index contributed by atoms with van der Waals surface area (Å²) in [6, 6.07) is 5.92. The van der Waals surface area contributed by atoms with E-state index in [0.29, 0.717) is 19.7 Å². The van der Waals surface area contributed by atoms with Crippen LogP contribution in [0.2, 0.25) is 0 Å². The number of halogens is 1. The van der Waals surface area contributed by atoms with Crippen molar-refractivity contribution in [2.45, 2.75) is 33.9 Å². The highest BCUT2D eigenvalue weighted by molar-refractivity contribution is 14.0. The van der Waals surface area contributed by atoms with Crippen LogP contribution in [0, 0.1) is 13.8 Å². The number of aromatic nitrogens is 2. The van der Waals surface area contributed by atoms with Crippen LogP contribution in [0.15, 0.2) is 23.2 Å². The summed E-state index contributed by atoms with van der Waals surface area (Å²) in [7, 11) is 5.36. The molecule has 2 N–H and O–H groups in total.